The lowest BCUT2D eigenvalue weighted by molar-refractivity contribution is 0.273. The van der Waals surface area contributed by atoms with Gasteiger partial charge in [0.2, 0.25) is 5.65 Å². The number of fused-ring (bicyclic) bond motifs is 1. The molecule has 1 aliphatic carbocycles. The molecule has 5 rings (SSSR count). The monoisotopic (exact) mass is 367 g/mol. The number of hydrogen-bond donors (Lipinski definition) is 0. The zero-order valence-corrected chi connectivity index (χ0v) is 15.7. The molecular weight excluding hydrogens is 342 g/mol. The SMILES string of the molecule is CCc1nnc2c(N3CCCN(Cc4cc(C5CC5)on4)CC3)nccn12. The van der Waals surface area contributed by atoms with Gasteiger partial charge in [-0.3, -0.25) is 9.30 Å². The van der Waals surface area contributed by atoms with Crippen molar-refractivity contribution in [3.8, 4) is 0 Å². The fourth-order valence-corrected chi connectivity index (χ4v) is 3.86. The molecule has 0 aromatic carbocycles. The zero-order valence-electron chi connectivity index (χ0n) is 15.7. The van der Waals surface area contributed by atoms with Crippen LogP contribution in [0.5, 0.6) is 0 Å². The van der Waals surface area contributed by atoms with Crippen molar-refractivity contribution < 1.29 is 4.52 Å². The number of nitrogens with zero attached hydrogens (tertiary/aromatic N) is 7. The van der Waals surface area contributed by atoms with Gasteiger partial charge in [0, 0.05) is 63.5 Å². The van der Waals surface area contributed by atoms with Crippen LogP contribution in [0.2, 0.25) is 0 Å². The number of aryl methyl sites for hydroxylation is 1. The Labute approximate surface area is 158 Å². The molecule has 8 nitrogen and oxygen atoms in total. The summed E-state index contributed by atoms with van der Waals surface area (Å²) in [6.07, 6.45) is 8.23. The van der Waals surface area contributed by atoms with Crippen LogP contribution in [0, 0.1) is 0 Å². The highest BCUT2D eigenvalue weighted by atomic mass is 16.5. The van der Waals surface area contributed by atoms with E-state index in [1.807, 2.05) is 12.4 Å². The number of anilines is 1. The van der Waals surface area contributed by atoms with Crippen molar-refractivity contribution in [2.75, 3.05) is 31.1 Å². The summed E-state index contributed by atoms with van der Waals surface area (Å²) in [4.78, 5) is 9.40. The lowest BCUT2D eigenvalue weighted by Crippen LogP contribution is -2.31. The first kappa shape index (κ1) is 16.7. The molecule has 0 unspecified atom stereocenters. The number of aromatic nitrogens is 5. The van der Waals surface area contributed by atoms with E-state index in [2.05, 4.69) is 47.5 Å². The molecule has 0 spiro atoms. The highest BCUT2D eigenvalue weighted by Gasteiger charge is 2.28. The third-order valence-corrected chi connectivity index (χ3v) is 5.53. The summed E-state index contributed by atoms with van der Waals surface area (Å²) in [5.74, 6) is 3.59. The topological polar surface area (TPSA) is 75.6 Å². The van der Waals surface area contributed by atoms with E-state index < -0.39 is 0 Å². The molecule has 3 aromatic heterocycles. The van der Waals surface area contributed by atoms with Gasteiger partial charge in [0.15, 0.2) is 5.82 Å². The van der Waals surface area contributed by atoms with Crippen molar-refractivity contribution in [2.45, 2.75) is 45.1 Å². The Morgan fingerprint density at radius 3 is 2.93 bits per heavy atom. The van der Waals surface area contributed by atoms with E-state index in [9.17, 15) is 0 Å². The second-order valence-electron chi connectivity index (χ2n) is 7.53. The normalized spacial score (nSPS) is 18.9. The first-order valence-electron chi connectivity index (χ1n) is 9.93. The van der Waals surface area contributed by atoms with Crippen molar-refractivity contribution >= 4 is 11.5 Å². The molecule has 142 valence electrons. The molecule has 1 aliphatic heterocycles. The predicted octanol–water partition coefficient (Wildman–Crippen LogP) is 2.26. The maximum absolute atomic E-state index is 5.50. The average Bonchev–Trinajstić information content (AvgIpc) is 3.36. The predicted molar refractivity (Wildman–Crippen MR) is 101 cm³/mol. The molecule has 0 radical (unpaired) electrons. The fraction of sp³-hybridized carbons (Fsp3) is 0.579. The largest absolute Gasteiger partial charge is 0.361 e. The molecule has 0 bridgehead atoms. The molecule has 3 aromatic rings. The van der Waals surface area contributed by atoms with Crippen LogP contribution >= 0.6 is 0 Å². The van der Waals surface area contributed by atoms with E-state index in [0.717, 1.165) is 74.3 Å². The molecule has 0 amide bonds. The minimum absolute atomic E-state index is 0.619. The molecule has 4 heterocycles. The lowest BCUT2D eigenvalue weighted by atomic mass is 10.2. The Morgan fingerprint density at radius 1 is 1.15 bits per heavy atom. The second kappa shape index (κ2) is 6.92. The summed E-state index contributed by atoms with van der Waals surface area (Å²) in [6.45, 7) is 6.88. The lowest BCUT2D eigenvalue weighted by Gasteiger charge is -2.22. The van der Waals surface area contributed by atoms with Gasteiger partial charge in [-0.25, -0.2) is 4.98 Å². The van der Waals surface area contributed by atoms with Gasteiger partial charge in [-0.1, -0.05) is 12.1 Å². The second-order valence-corrected chi connectivity index (χ2v) is 7.53. The Morgan fingerprint density at radius 2 is 2.07 bits per heavy atom. The molecule has 1 saturated carbocycles. The van der Waals surface area contributed by atoms with Gasteiger partial charge in [-0.15, -0.1) is 10.2 Å². The van der Waals surface area contributed by atoms with E-state index in [4.69, 9.17) is 4.52 Å². The van der Waals surface area contributed by atoms with E-state index in [1.165, 1.54) is 12.8 Å². The highest BCUT2D eigenvalue weighted by molar-refractivity contribution is 5.63. The van der Waals surface area contributed by atoms with Crippen LogP contribution in [-0.2, 0) is 13.0 Å². The minimum Gasteiger partial charge on any atom is -0.361 e. The van der Waals surface area contributed by atoms with Gasteiger partial charge in [0.25, 0.3) is 0 Å². The van der Waals surface area contributed by atoms with Gasteiger partial charge in [-0.2, -0.15) is 0 Å². The summed E-state index contributed by atoms with van der Waals surface area (Å²) < 4.78 is 7.55. The maximum atomic E-state index is 5.50. The van der Waals surface area contributed by atoms with Gasteiger partial charge in [0.1, 0.15) is 11.6 Å². The van der Waals surface area contributed by atoms with Crippen LogP contribution < -0.4 is 4.90 Å². The van der Waals surface area contributed by atoms with Crippen molar-refractivity contribution in [1.82, 2.24) is 29.6 Å². The zero-order chi connectivity index (χ0) is 18.2. The quantitative estimate of drug-likeness (QED) is 0.685. The van der Waals surface area contributed by atoms with Crippen LogP contribution in [0.4, 0.5) is 5.82 Å². The summed E-state index contributed by atoms with van der Waals surface area (Å²) in [7, 11) is 0. The maximum Gasteiger partial charge on any atom is 0.203 e. The van der Waals surface area contributed by atoms with E-state index in [0.29, 0.717) is 5.92 Å². The van der Waals surface area contributed by atoms with Crippen LogP contribution in [0.3, 0.4) is 0 Å². The van der Waals surface area contributed by atoms with Crippen LogP contribution in [0.1, 0.15) is 49.4 Å². The Balaban J connectivity index is 1.29. The van der Waals surface area contributed by atoms with Gasteiger partial charge < -0.3 is 9.42 Å². The molecule has 2 aliphatic rings. The van der Waals surface area contributed by atoms with Crippen molar-refractivity contribution in [3.63, 3.8) is 0 Å². The number of rotatable bonds is 5. The molecular formula is C19H25N7O. The summed E-state index contributed by atoms with van der Waals surface area (Å²) in [6, 6.07) is 2.14. The standard InChI is InChI=1S/C19H25N7O/c1-2-17-21-22-19-18(20-6-9-26(17)19)25-8-3-7-24(10-11-25)13-15-12-16(27-23-15)14-4-5-14/h6,9,12,14H,2-5,7-8,10-11,13H2,1H3. The first-order chi connectivity index (χ1) is 13.3. The van der Waals surface area contributed by atoms with E-state index in [1.54, 1.807) is 0 Å². The van der Waals surface area contributed by atoms with Crippen LogP contribution in [0.25, 0.3) is 5.65 Å². The van der Waals surface area contributed by atoms with Crippen molar-refractivity contribution in [1.29, 1.82) is 0 Å². The molecule has 8 heteroatoms. The van der Waals surface area contributed by atoms with E-state index in [-0.39, 0.29) is 0 Å². The number of hydrogen-bond acceptors (Lipinski definition) is 7. The van der Waals surface area contributed by atoms with Crippen LogP contribution in [-0.4, -0.2) is 55.8 Å². The minimum atomic E-state index is 0.619. The van der Waals surface area contributed by atoms with Crippen molar-refractivity contribution in [2.24, 2.45) is 0 Å². The Hall–Kier alpha value is -2.48. The van der Waals surface area contributed by atoms with Gasteiger partial charge >= 0.3 is 0 Å². The molecule has 0 N–H and O–H groups in total. The first-order valence-corrected chi connectivity index (χ1v) is 9.93. The Kier molecular flexibility index (Phi) is 4.27. The Bertz CT molecular complexity index is 929. The summed E-state index contributed by atoms with van der Waals surface area (Å²) in [5, 5.41) is 13.0. The van der Waals surface area contributed by atoms with E-state index >= 15 is 0 Å². The average molecular weight is 367 g/mol. The smallest absolute Gasteiger partial charge is 0.203 e. The molecule has 0 atom stereocenters. The highest BCUT2D eigenvalue weighted by Crippen LogP contribution is 2.40. The van der Waals surface area contributed by atoms with Gasteiger partial charge in [-0.05, 0) is 19.3 Å². The third kappa shape index (κ3) is 3.29. The fourth-order valence-electron chi connectivity index (χ4n) is 3.86. The summed E-state index contributed by atoms with van der Waals surface area (Å²) in [5.41, 5.74) is 1.91. The molecule has 1 saturated heterocycles. The van der Waals surface area contributed by atoms with Crippen molar-refractivity contribution in [3.05, 3.63) is 35.7 Å². The molecule has 27 heavy (non-hydrogen) atoms. The third-order valence-electron chi connectivity index (χ3n) is 5.53. The summed E-state index contributed by atoms with van der Waals surface area (Å²) >= 11 is 0. The van der Waals surface area contributed by atoms with Gasteiger partial charge in [0.05, 0.1) is 5.69 Å². The molecule has 2 fully saturated rings. The van der Waals surface area contributed by atoms with Crippen LogP contribution in [0.15, 0.2) is 23.0 Å².